The molecule has 2 aromatic rings. The summed E-state index contributed by atoms with van der Waals surface area (Å²) in [7, 11) is 0. The summed E-state index contributed by atoms with van der Waals surface area (Å²) < 4.78 is 5.58. The molecule has 2 amide bonds. The molecule has 28 heavy (non-hydrogen) atoms. The molecule has 1 aliphatic rings. The van der Waals surface area contributed by atoms with Crippen molar-refractivity contribution in [3.05, 3.63) is 65.2 Å². The van der Waals surface area contributed by atoms with Crippen molar-refractivity contribution >= 4 is 17.5 Å². The minimum absolute atomic E-state index is 0.0261. The fraction of sp³-hybridized carbons (Fsp3) is 0.318. The molecule has 2 aromatic carbocycles. The molecule has 1 aliphatic heterocycles. The van der Waals surface area contributed by atoms with Crippen molar-refractivity contribution in [1.29, 1.82) is 0 Å². The van der Waals surface area contributed by atoms with Crippen molar-refractivity contribution < 1.29 is 14.3 Å². The summed E-state index contributed by atoms with van der Waals surface area (Å²) in [5, 5.41) is 4.16. The van der Waals surface area contributed by atoms with Gasteiger partial charge < -0.3 is 9.64 Å². The number of rotatable bonds is 6. The largest absolute Gasteiger partial charge is 0.484 e. The van der Waals surface area contributed by atoms with Gasteiger partial charge in [0, 0.05) is 18.7 Å². The number of nitrogens with zero attached hydrogens (tertiary/aromatic N) is 2. The number of likely N-dealkylation sites (tertiary alicyclic amines) is 1. The lowest BCUT2D eigenvalue weighted by molar-refractivity contribution is -0.132. The van der Waals surface area contributed by atoms with Gasteiger partial charge in [-0.3, -0.25) is 9.59 Å². The van der Waals surface area contributed by atoms with Crippen molar-refractivity contribution in [3.8, 4) is 5.75 Å². The van der Waals surface area contributed by atoms with Gasteiger partial charge in [0.2, 0.25) is 0 Å². The first-order chi connectivity index (χ1) is 13.5. The maximum Gasteiger partial charge on any atom is 0.271 e. The highest BCUT2D eigenvalue weighted by Crippen LogP contribution is 2.14. The van der Waals surface area contributed by atoms with Crippen LogP contribution in [0.15, 0.2) is 53.6 Å². The number of aryl methyl sites for hydroxylation is 1. The van der Waals surface area contributed by atoms with E-state index in [9.17, 15) is 9.59 Å². The number of carbonyl (C=O) groups excluding carboxylic acids is 2. The predicted octanol–water partition coefficient (Wildman–Crippen LogP) is 3.15. The molecule has 0 atom stereocenters. The Bertz CT molecular complexity index is 852. The summed E-state index contributed by atoms with van der Waals surface area (Å²) in [5.74, 6) is 0.408. The molecule has 0 saturated carbocycles. The number of amides is 2. The van der Waals surface area contributed by atoms with Crippen LogP contribution in [0.25, 0.3) is 0 Å². The van der Waals surface area contributed by atoms with Crippen molar-refractivity contribution in [1.82, 2.24) is 10.3 Å². The van der Waals surface area contributed by atoms with Crippen molar-refractivity contribution in [2.75, 3.05) is 19.7 Å². The second-order valence-electron chi connectivity index (χ2n) is 6.91. The molecule has 1 heterocycles. The van der Waals surface area contributed by atoms with E-state index in [1.165, 1.54) is 0 Å². The summed E-state index contributed by atoms with van der Waals surface area (Å²) in [4.78, 5) is 26.0. The number of hydrogen-bond donors (Lipinski definition) is 1. The molecule has 0 aromatic heterocycles. The highest BCUT2D eigenvalue weighted by molar-refractivity contribution is 6.00. The highest BCUT2D eigenvalue weighted by atomic mass is 16.5. The molecule has 146 valence electrons. The first-order valence-corrected chi connectivity index (χ1v) is 9.45. The quantitative estimate of drug-likeness (QED) is 0.619. The van der Waals surface area contributed by atoms with Crippen LogP contribution in [-0.2, 0) is 4.79 Å². The number of hydrogen-bond acceptors (Lipinski definition) is 4. The molecule has 3 rings (SSSR count). The van der Waals surface area contributed by atoms with E-state index in [0.717, 1.165) is 37.1 Å². The Morgan fingerprint density at radius 2 is 1.61 bits per heavy atom. The molecule has 1 saturated heterocycles. The third-order valence-electron chi connectivity index (χ3n) is 4.73. The topological polar surface area (TPSA) is 71.0 Å². The zero-order valence-electron chi connectivity index (χ0n) is 16.3. The lowest BCUT2D eigenvalue weighted by atomic mass is 10.1. The first kappa shape index (κ1) is 19.6. The van der Waals surface area contributed by atoms with Crippen molar-refractivity contribution in [2.45, 2.75) is 26.7 Å². The lowest BCUT2D eigenvalue weighted by Crippen LogP contribution is -2.32. The molecule has 1 N–H and O–H groups in total. The number of nitrogens with one attached hydrogen (secondary N) is 1. The third-order valence-corrected chi connectivity index (χ3v) is 4.73. The van der Waals surface area contributed by atoms with E-state index in [1.807, 2.05) is 43.0 Å². The van der Waals surface area contributed by atoms with E-state index in [0.29, 0.717) is 17.0 Å². The van der Waals surface area contributed by atoms with Crippen LogP contribution in [0.3, 0.4) is 0 Å². The van der Waals surface area contributed by atoms with Gasteiger partial charge in [0.1, 0.15) is 5.75 Å². The number of carbonyl (C=O) groups is 2. The predicted molar refractivity (Wildman–Crippen MR) is 109 cm³/mol. The van der Waals surface area contributed by atoms with Gasteiger partial charge in [0.05, 0.1) is 5.71 Å². The normalized spacial score (nSPS) is 14.1. The third kappa shape index (κ3) is 5.19. The van der Waals surface area contributed by atoms with Gasteiger partial charge in [-0.2, -0.15) is 5.10 Å². The molecule has 0 radical (unpaired) electrons. The standard InChI is InChI=1S/C22H25N3O3/c1-16-5-7-19(8-6-16)22(27)24-23-17(2)18-9-11-20(12-10-18)28-15-21(26)25-13-3-4-14-25/h5-12H,3-4,13-15H2,1-2H3,(H,24,27)/b23-17-. The Balaban J connectivity index is 1.53. The van der Waals surface area contributed by atoms with E-state index in [4.69, 9.17) is 4.74 Å². The molecule has 0 spiro atoms. The Hall–Kier alpha value is -3.15. The summed E-state index contributed by atoms with van der Waals surface area (Å²) >= 11 is 0. The second-order valence-corrected chi connectivity index (χ2v) is 6.91. The molecule has 6 nitrogen and oxygen atoms in total. The fourth-order valence-corrected chi connectivity index (χ4v) is 2.96. The Kier molecular flexibility index (Phi) is 6.42. The summed E-state index contributed by atoms with van der Waals surface area (Å²) in [6, 6.07) is 14.6. The number of hydrazone groups is 1. The fourth-order valence-electron chi connectivity index (χ4n) is 2.96. The Morgan fingerprint density at radius 1 is 1.00 bits per heavy atom. The average molecular weight is 379 g/mol. The highest BCUT2D eigenvalue weighted by Gasteiger charge is 2.18. The minimum atomic E-state index is -0.250. The monoisotopic (exact) mass is 379 g/mol. The molecule has 1 fully saturated rings. The lowest BCUT2D eigenvalue weighted by Gasteiger charge is -2.15. The van der Waals surface area contributed by atoms with Crippen LogP contribution in [0, 0.1) is 6.92 Å². The van der Waals surface area contributed by atoms with E-state index >= 15 is 0 Å². The van der Waals surface area contributed by atoms with Gasteiger partial charge in [-0.1, -0.05) is 17.7 Å². The zero-order chi connectivity index (χ0) is 19.9. The SMILES string of the molecule is C/C(=N/NC(=O)c1ccc(C)cc1)c1ccc(OCC(=O)N2CCCC2)cc1. The van der Waals surface area contributed by atoms with Crippen LogP contribution in [0.4, 0.5) is 0 Å². The Labute approximate surface area is 165 Å². The molecular weight excluding hydrogens is 354 g/mol. The van der Waals surface area contributed by atoms with Gasteiger partial charge in [0.25, 0.3) is 11.8 Å². The van der Waals surface area contributed by atoms with E-state index in [2.05, 4.69) is 10.5 Å². The van der Waals surface area contributed by atoms with E-state index in [1.54, 1.807) is 24.3 Å². The van der Waals surface area contributed by atoms with Gasteiger partial charge in [-0.25, -0.2) is 5.43 Å². The maximum atomic E-state index is 12.1. The van der Waals surface area contributed by atoms with Gasteiger partial charge >= 0.3 is 0 Å². The van der Waals surface area contributed by atoms with Crippen molar-refractivity contribution in [2.24, 2.45) is 5.10 Å². The first-order valence-electron chi connectivity index (χ1n) is 9.45. The van der Waals surface area contributed by atoms with Gasteiger partial charge in [0.15, 0.2) is 6.61 Å². The minimum Gasteiger partial charge on any atom is -0.484 e. The molecule has 0 bridgehead atoms. The average Bonchev–Trinajstić information content (AvgIpc) is 3.26. The summed E-state index contributed by atoms with van der Waals surface area (Å²) in [6.45, 7) is 5.50. The smallest absolute Gasteiger partial charge is 0.271 e. The Morgan fingerprint density at radius 3 is 2.25 bits per heavy atom. The molecule has 0 aliphatic carbocycles. The number of benzene rings is 2. The van der Waals surface area contributed by atoms with Crippen LogP contribution in [0.5, 0.6) is 5.75 Å². The number of ether oxygens (including phenoxy) is 1. The van der Waals surface area contributed by atoms with Crippen LogP contribution in [-0.4, -0.2) is 42.1 Å². The van der Waals surface area contributed by atoms with E-state index < -0.39 is 0 Å². The van der Waals surface area contributed by atoms with E-state index in [-0.39, 0.29) is 18.4 Å². The van der Waals surface area contributed by atoms with Crippen LogP contribution >= 0.6 is 0 Å². The zero-order valence-corrected chi connectivity index (χ0v) is 16.3. The summed E-state index contributed by atoms with van der Waals surface area (Å²) in [5.41, 5.74) is 5.78. The molecule has 0 unspecified atom stereocenters. The molecule has 6 heteroatoms. The molecular formula is C22H25N3O3. The maximum absolute atomic E-state index is 12.1. The van der Waals surface area contributed by atoms with Gasteiger partial charge in [-0.05, 0) is 68.7 Å². The van der Waals surface area contributed by atoms with Crippen molar-refractivity contribution in [3.63, 3.8) is 0 Å². The second kappa shape index (κ2) is 9.17. The summed E-state index contributed by atoms with van der Waals surface area (Å²) in [6.07, 6.45) is 2.14. The van der Waals surface area contributed by atoms with Crippen LogP contribution < -0.4 is 10.2 Å². The van der Waals surface area contributed by atoms with Crippen LogP contribution in [0.1, 0.15) is 41.3 Å². The van der Waals surface area contributed by atoms with Crippen LogP contribution in [0.2, 0.25) is 0 Å². The van der Waals surface area contributed by atoms with Gasteiger partial charge in [-0.15, -0.1) is 0 Å².